The molecule has 0 fully saturated rings. The Bertz CT molecular complexity index is 579. The molecular formula is C11H8ClIN4O. The fourth-order valence-electron chi connectivity index (χ4n) is 1.20. The fourth-order valence-corrected chi connectivity index (χ4v) is 1.83. The molecule has 0 atom stereocenters. The number of rotatable bonds is 3. The number of nitrogens with zero attached hydrogens (tertiary/aromatic N) is 2. The van der Waals surface area contributed by atoms with Crippen LogP contribution in [0.1, 0.15) is 16.1 Å². The molecule has 2 aromatic rings. The summed E-state index contributed by atoms with van der Waals surface area (Å²) in [5.41, 5.74) is 3.65. The van der Waals surface area contributed by atoms with Crippen molar-refractivity contribution in [2.75, 3.05) is 0 Å². The summed E-state index contributed by atoms with van der Waals surface area (Å²) >= 11 is 7.77. The lowest BCUT2D eigenvalue weighted by atomic mass is 10.2. The number of amides is 1. The van der Waals surface area contributed by atoms with E-state index in [1.807, 2.05) is 22.6 Å². The molecule has 18 heavy (non-hydrogen) atoms. The topological polar surface area (TPSA) is 70.1 Å². The molecule has 1 aromatic heterocycles. The van der Waals surface area contributed by atoms with Crippen molar-refractivity contribution in [3.63, 3.8) is 0 Å². The molecule has 0 unspecified atom stereocenters. The van der Waals surface area contributed by atoms with Gasteiger partial charge in [0.15, 0.2) is 0 Å². The first-order valence-corrected chi connectivity index (χ1v) is 6.40. The van der Waals surface area contributed by atoms with E-state index in [4.69, 9.17) is 11.6 Å². The van der Waals surface area contributed by atoms with Crippen molar-refractivity contribution in [3.8, 4) is 0 Å². The lowest BCUT2D eigenvalue weighted by Crippen LogP contribution is -2.19. The Kier molecular flexibility index (Phi) is 4.32. The first-order chi connectivity index (χ1) is 8.66. The predicted molar refractivity (Wildman–Crippen MR) is 77.8 cm³/mol. The Balaban J connectivity index is 1.98. The summed E-state index contributed by atoms with van der Waals surface area (Å²) in [6.07, 6.45) is 3.11. The maximum atomic E-state index is 11.6. The van der Waals surface area contributed by atoms with Crippen LogP contribution < -0.4 is 5.43 Å². The minimum absolute atomic E-state index is 0.331. The molecule has 0 spiro atoms. The Hall–Kier alpha value is -1.41. The zero-order valence-corrected chi connectivity index (χ0v) is 11.9. The minimum atomic E-state index is -0.331. The molecule has 92 valence electrons. The minimum Gasteiger partial charge on any atom is -0.272 e. The van der Waals surface area contributed by atoms with Crippen LogP contribution in [0.5, 0.6) is 0 Å². The third-order valence-electron chi connectivity index (χ3n) is 2.07. The van der Waals surface area contributed by atoms with Gasteiger partial charge in [0.2, 0.25) is 0 Å². The van der Waals surface area contributed by atoms with Crippen LogP contribution in [-0.4, -0.2) is 22.3 Å². The Morgan fingerprint density at radius 2 is 2.17 bits per heavy atom. The predicted octanol–water partition coefficient (Wildman–Crippen LogP) is 2.43. The number of aromatic nitrogens is 2. The molecule has 0 bridgehead atoms. The van der Waals surface area contributed by atoms with Gasteiger partial charge in [-0.1, -0.05) is 23.7 Å². The molecule has 1 aromatic carbocycles. The van der Waals surface area contributed by atoms with Crippen LogP contribution in [0, 0.1) is 3.57 Å². The molecule has 2 rings (SSSR count). The van der Waals surface area contributed by atoms with Crippen LogP contribution in [0.3, 0.4) is 0 Å². The van der Waals surface area contributed by atoms with E-state index in [1.54, 1.807) is 30.5 Å². The summed E-state index contributed by atoms with van der Waals surface area (Å²) in [5.74, 6) is -0.331. The summed E-state index contributed by atoms with van der Waals surface area (Å²) in [5, 5.41) is 10.9. The second-order valence-corrected chi connectivity index (χ2v) is 4.94. The van der Waals surface area contributed by atoms with Crippen LogP contribution in [0.25, 0.3) is 0 Å². The van der Waals surface area contributed by atoms with Gasteiger partial charge in [0.05, 0.1) is 16.0 Å². The maximum Gasteiger partial charge on any atom is 0.290 e. The van der Waals surface area contributed by atoms with Gasteiger partial charge in [-0.05, 0) is 40.3 Å². The normalized spacial score (nSPS) is 10.8. The number of nitrogens with one attached hydrogen (secondary N) is 2. The third-order valence-corrected chi connectivity index (χ3v) is 3.14. The van der Waals surface area contributed by atoms with Crippen molar-refractivity contribution in [2.24, 2.45) is 5.10 Å². The standard InChI is InChI=1S/C11H8ClIN4O/c12-8-3-1-7(2-4-8)5-14-17-11(18)10-9(13)6-15-16-10/h1-6H,(H,15,16)(H,17,18). The van der Waals surface area contributed by atoms with Gasteiger partial charge in [0.1, 0.15) is 5.69 Å². The fraction of sp³-hybridized carbons (Fsp3) is 0. The highest BCUT2D eigenvalue weighted by molar-refractivity contribution is 14.1. The molecule has 0 saturated heterocycles. The highest BCUT2D eigenvalue weighted by Crippen LogP contribution is 2.08. The zero-order chi connectivity index (χ0) is 13.0. The second kappa shape index (κ2) is 5.96. The van der Waals surface area contributed by atoms with Gasteiger partial charge >= 0.3 is 0 Å². The number of carbonyl (C=O) groups is 1. The number of H-pyrrole nitrogens is 1. The van der Waals surface area contributed by atoms with Crippen molar-refractivity contribution in [1.82, 2.24) is 15.6 Å². The van der Waals surface area contributed by atoms with Crippen molar-refractivity contribution < 1.29 is 4.79 Å². The number of hydrogen-bond donors (Lipinski definition) is 2. The number of halogens is 2. The van der Waals surface area contributed by atoms with Crippen molar-refractivity contribution in [3.05, 3.63) is 50.3 Å². The van der Waals surface area contributed by atoms with E-state index in [2.05, 4.69) is 20.7 Å². The van der Waals surface area contributed by atoms with Gasteiger partial charge in [-0.3, -0.25) is 9.89 Å². The first-order valence-electron chi connectivity index (χ1n) is 4.94. The van der Waals surface area contributed by atoms with Gasteiger partial charge in [-0.2, -0.15) is 10.2 Å². The van der Waals surface area contributed by atoms with E-state index in [9.17, 15) is 4.79 Å². The maximum absolute atomic E-state index is 11.6. The smallest absolute Gasteiger partial charge is 0.272 e. The molecule has 1 heterocycles. The average Bonchev–Trinajstić information content (AvgIpc) is 2.78. The number of carbonyl (C=O) groups excluding carboxylic acids is 1. The molecule has 0 radical (unpaired) electrons. The quantitative estimate of drug-likeness (QED) is 0.492. The summed E-state index contributed by atoms with van der Waals surface area (Å²) < 4.78 is 0.742. The van der Waals surface area contributed by atoms with Gasteiger partial charge in [0, 0.05) is 5.02 Å². The van der Waals surface area contributed by atoms with E-state index in [0.717, 1.165) is 9.13 Å². The number of hydrazone groups is 1. The molecule has 1 amide bonds. The van der Waals surface area contributed by atoms with Crippen LogP contribution in [0.2, 0.25) is 5.02 Å². The summed E-state index contributed by atoms with van der Waals surface area (Å²) in [6, 6.07) is 7.11. The summed E-state index contributed by atoms with van der Waals surface area (Å²) in [4.78, 5) is 11.6. The second-order valence-electron chi connectivity index (χ2n) is 3.34. The molecule has 0 aliphatic carbocycles. The van der Waals surface area contributed by atoms with Gasteiger partial charge < -0.3 is 0 Å². The Morgan fingerprint density at radius 3 is 2.78 bits per heavy atom. The molecule has 7 heteroatoms. The number of aromatic amines is 1. The number of hydrogen-bond acceptors (Lipinski definition) is 3. The molecule has 2 N–H and O–H groups in total. The lowest BCUT2D eigenvalue weighted by molar-refractivity contribution is 0.0949. The van der Waals surface area contributed by atoms with Crippen LogP contribution in [0.15, 0.2) is 35.6 Å². The van der Waals surface area contributed by atoms with E-state index in [-0.39, 0.29) is 5.91 Å². The van der Waals surface area contributed by atoms with Crippen LogP contribution >= 0.6 is 34.2 Å². The van der Waals surface area contributed by atoms with Crippen molar-refractivity contribution in [2.45, 2.75) is 0 Å². The van der Waals surface area contributed by atoms with E-state index in [0.29, 0.717) is 10.7 Å². The number of benzene rings is 1. The van der Waals surface area contributed by atoms with E-state index >= 15 is 0 Å². The van der Waals surface area contributed by atoms with E-state index in [1.165, 1.54) is 6.21 Å². The van der Waals surface area contributed by atoms with E-state index < -0.39 is 0 Å². The van der Waals surface area contributed by atoms with Crippen LogP contribution in [0.4, 0.5) is 0 Å². The Morgan fingerprint density at radius 1 is 1.44 bits per heavy atom. The molecule has 5 nitrogen and oxygen atoms in total. The molecule has 0 aliphatic rings. The molecule has 0 aliphatic heterocycles. The Labute approximate surface area is 122 Å². The summed E-state index contributed by atoms with van der Waals surface area (Å²) in [6.45, 7) is 0. The highest BCUT2D eigenvalue weighted by Gasteiger charge is 2.10. The zero-order valence-electron chi connectivity index (χ0n) is 9.02. The average molecular weight is 375 g/mol. The third kappa shape index (κ3) is 3.30. The molecular weight excluding hydrogens is 367 g/mol. The lowest BCUT2D eigenvalue weighted by Gasteiger charge is -1.97. The molecule has 0 saturated carbocycles. The monoisotopic (exact) mass is 374 g/mol. The van der Waals surface area contributed by atoms with Gasteiger partial charge in [-0.25, -0.2) is 5.43 Å². The van der Waals surface area contributed by atoms with Gasteiger partial charge in [0.25, 0.3) is 5.91 Å². The highest BCUT2D eigenvalue weighted by atomic mass is 127. The first kappa shape index (κ1) is 13.0. The van der Waals surface area contributed by atoms with Crippen molar-refractivity contribution in [1.29, 1.82) is 0 Å². The summed E-state index contributed by atoms with van der Waals surface area (Å²) in [7, 11) is 0. The largest absolute Gasteiger partial charge is 0.290 e. The van der Waals surface area contributed by atoms with Crippen LogP contribution in [-0.2, 0) is 0 Å². The van der Waals surface area contributed by atoms with Gasteiger partial charge in [-0.15, -0.1) is 0 Å². The van der Waals surface area contributed by atoms with Crippen molar-refractivity contribution >= 4 is 46.3 Å². The SMILES string of the molecule is O=C(NN=Cc1ccc(Cl)cc1)c1[nH]ncc1I.